The van der Waals surface area contributed by atoms with Crippen molar-refractivity contribution < 1.29 is 19.7 Å². The van der Waals surface area contributed by atoms with Crippen LogP contribution in [0.2, 0.25) is 5.02 Å². The van der Waals surface area contributed by atoms with Gasteiger partial charge in [0.25, 0.3) is 0 Å². The number of aliphatic hydroxyl groups is 2. The van der Waals surface area contributed by atoms with E-state index in [-0.39, 0.29) is 13.0 Å². The van der Waals surface area contributed by atoms with Gasteiger partial charge in [0.05, 0.1) is 6.10 Å². The Morgan fingerprint density at radius 2 is 2.05 bits per heavy atom. The second kappa shape index (κ2) is 8.15. The summed E-state index contributed by atoms with van der Waals surface area (Å²) in [5.74, 6) is 0. The molecule has 2 unspecified atom stereocenters. The van der Waals surface area contributed by atoms with Gasteiger partial charge in [0.2, 0.25) is 0 Å². The van der Waals surface area contributed by atoms with Crippen LogP contribution in [0.1, 0.15) is 38.9 Å². The Labute approximate surface area is 143 Å². The first-order valence-corrected chi connectivity index (χ1v) is 8.05. The number of ether oxygens (including phenoxy) is 1. The lowest BCUT2D eigenvalue weighted by Crippen LogP contribution is -2.34. The maximum atomic E-state index is 11.5. The Balaban J connectivity index is 2.48. The zero-order chi connectivity index (χ0) is 16.9. The van der Waals surface area contributed by atoms with Gasteiger partial charge in [0, 0.05) is 16.0 Å². The van der Waals surface area contributed by atoms with Crippen LogP contribution in [-0.4, -0.2) is 34.6 Å². The van der Waals surface area contributed by atoms with E-state index >= 15 is 0 Å². The SMILES string of the molecule is CC(C)(C)OC(=O)NCCC(O)C(O)c1ccc(Cl)cc1Br. The first kappa shape index (κ1) is 19.2. The summed E-state index contributed by atoms with van der Waals surface area (Å²) in [6, 6.07) is 4.92. The number of carbonyl (C=O) groups is 1. The summed E-state index contributed by atoms with van der Waals surface area (Å²) in [5.41, 5.74) is -0.0368. The predicted octanol–water partition coefficient (Wildman–Crippen LogP) is 3.41. The monoisotopic (exact) mass is 393 g/mol. The van der Waals surface area contributed by atoms with Crippen molar-refractivity contribution in [3.8, 4) is 0 Å². The number of nitrogens with one attached hydrogen (secondary N) is 1. The van der Waals surface area contributed by atoms with Gasteiger partial charge >= 0.3 is 6.09 Å². The number of benzene rings is 1. The molecule has 0 radical (unpaired) electrons. The van der Waals surface area contributed by atoms with E-state index in [9.17, 15) is 15.0 Å². The molecule has 0 bridgehead atoms. The van der Waals surface area contributed by atoms with Crippen molar-refractivity contribution in [1.82, 2.24) is 5.32 Å². The van der Waals surface area contributed by atoms with Crippen molar-refractivity contribution in [2.45, 2.75) is 45.0 Å². The van der Waals surface area contributed by atoms with Gasteiger partial charge in [-0.25, -0.2) is 4.79 Å². The number of halogens is 2. The van der Waals surface area contributed by atoms with Crippen molar-refractivity contribution in [2.24, 2.45) is 0 Å². The fourth-order valence-corrected chi connectivity index (χ4v) is 2.66. The molecule has 22 heavy (non-hydrogen) atoms. The summed E-state index contributed by atoms with van der Waals surface area (Å²) >= 11 is 9.13. The first-order chi connectivity index (χ1) is 10.1. The van der Waals surface area contributed by atoms with Crippen LogP contribution in [0.4, 0.5) is 4.79 Å². The summed E-state index contributed by atoms with van der Waals surface area (Å²) in [7, 11) is 0. The number of aliphatic hydroxyl groups excluding tert-OH is 2. The molecule has 1 rings (SSSR count). The minimum atomic E-state index is -1.08. The Morgan fingerprint density at radius 1 is 1.41 bits per heavy atom. The van der Waals surface area contributed by atoms with E-state index in [1.165, 1.54) is 0 Å². The molecule has 2 atom stereocenters. The highest BCUT2D eigenvalue weighted by Crippen LogP contribution is 2.29. The third-order valence-corrected chi connectivity index (χ3v) is 3.68. The van der Waals surface area contributed by atoms with E-state index < -0.39 is 23.9 Å². The van der Waals surface area contributed by atoms with Crippen LogP contribution in [-0.2, 0) is 4.74 Å². The van der Waals surface area contributed by atoms with E-state index in [4.69, 9.17) is 16.3 Å². The molecule has 124 valence electrons. The topological polar surface area (TPSA) is 78.8 Å². The molecular weight excluding hydrogens is 374 g/mol. The molecule has 3 N–H and O–H groups in total. The second-order valence-electron chi connectivity index (χ2n) is 5.90. The van der Waals surface area contributed by atoms with E-state index in [2.05, 4.69) is 21.2 Å². The van der Waals surface area contributed by atoms with Crippen molar-refractivity contribution in [2.75, 3.05) is 6.54 Å². The molecule has 0 aromatic heterocycles. The maximum Gasteiger partial charge on any atom is 0.407 e. The highest BCUT2D eigenvalue weighted by molar-refractivity contribution is 9.10. The normalized spacial score (nSPS) is 14.3. The summed E-state index contributed by atoms with van der Waals surface area (Å²) in [5, 5.41) is 23.2. The summed E-state index contributed by atoms with van der Waals surface area (Å²) < 4.78 is 5.70. The Bertz CT molecular complexity index is 519. The first-order valence-electron chi connectivity index (χ1n) is 6.88. The molecule has 0 aliphatic carbocycles. The molecule has 0 fully saturated rings. The molecule has 1 aromatic rings. The number of alkyl carbamates (subject to hydrolysis) is 1. The molecule has 1 amide bonds. The number of rotatable bonds is 5. The number of hydrogen-bond donors (Lipinski definition) is 3. The molecule has 0 heterocycles. The van der Waals surface area contributed by atoms with Crippen LogP contribution in [0.5, 0.6) is 0 Å². The molecule has 7 heteroatoms. The van der Waals surface area contributed by atoms with Crippen LogP contribution in [0.25, 0.3) is 0 Å². The van der Waals surface area contributed by atoms with Gasteiger partial charge in [-0.1, -0.05) is 33.6 Å². The Kier molecular flexibility index (Phi) is 7.12. The highest BCUT2D eigenvalue weighted by atomic mass is 79.9. The van der Waals surface area contributed by atoms with E-state index in [1.54, 1.807) is 39.0 Å². The minimum absolute atomic E-state index is 0.190. The van der Waals surface area contributed by atoms with Crippen LogP contribution < -0.4 is 5.32 Å². The molecule has 5 nitrogen and oxygen atoms in total. The van der Waals surface area contributed by atoms with E-state index in [0.29, 0.717) is 15.1 Å². The standard InChI is InChI=1S/C15H21BrClNO4/c1-15(2,3)22-14(21)18-7-6-12(19)13(20)10-5-4-9(17)8-11(10)16/h4-5,8,12-13,19-20H,6-7H2,1-3H3,(H,18,21). The maximum absolute atomic E-state index is 11.5. The molecule has 0 saturated heterocycles. The molecule has 0 aliphatic heterocycles. The van der Waals surface area contributed by atoms with Crippen LogP contribution in [0.3, 0.4) is 0 Å². The lowest BCUT2D eigenvalue weighted by atomic mass is 10.0. The molecule has 0 saturated carbocycles. The zero-order valence-electron chi connectivity index (χ0n) is 12.8. The number of carbonyl (C=O) groups excluding carboxylic acids is 1. The average molecular weight is 395 g/mol. The second-order valence-corrected chi connectivity index (χ2v) is 7.19. The third kappa shape index (κ3) is 6.52. The van der Waals surface area contributed by atoms with Gasteiger partial charge in [0.15, 0.2) is 0 Å². The van der Waals surface area contributed by atoms with E-state index in [0.717, 1.165) is 0 Å². The van der Waals surface area contributed by atoms with Gasteiger partial charge in [-0.3, -0.25) is 0 Å². The molecular formula is C15H21BrClNO4. The zero-order valence-corrected chi connectivity index (χ0v) is 15.1. The fourth-order valence-electron chi connectivity index (χ4n) is 1.74. The average Bonchev–Trinajstić information content (AvgIpc) is 2.35. The predicted molar refractivity (Wildman–Crippen MR) is 89.0 cm³/mol. The fraction of sp³-hybridized carbons (Fsp3) is 0.533. The number of amides is 1. The van der Waals surface area contributed by atoms with E-state index in [1.807, 2.05) is 0 Å². The lowest BCUT2D eigenvalue weighted by molar-refractivity contribution is 0.0119. The molecule has 1 aromatic carbocycles. The van der Waals surface area contributed by atoms with Gasteiger partial charge in [-0.15, -0.1) is 0 Å². The van der Waals surface area contributed by atoms with Gasteiger partial charge < -0.3 is 20.3 Å². The summed E-state index contributed by atoms with van der Waals surface area (Å²) in [4.78, 5) is 11.5. The van der Waals surface area contributed by atoms with Gasteiger partial charge in [0.1, 0.15) is 11.7 Å². The van der Waals surface area contributed by atoms with Crippen LogP contribution in [0.15, 0.2) is 22.7 Å². The van der Waals surface area contributed by atoms with Crippen molar-refractivity contribution in [3.05, 3.63) is 33.3 Å². The minimum Gasteiger partial charge on any atom is -0.444 e. The van der Waals surface area contributed by atoms with Crippen LogP contribution in [0, 0.1) is 0 Å². The largest absolute Gasteiger partial charge is 0.444 e. The molecule has 0 aliphatic rings. The smallest absolute Gasteiger partial charge is 0.407 e. The summed E-state index contributed by atoms with van der Waals surface area (Å²) in [6.45, 7) is 5.49. The lowest BCUT2D eigenvalue weighted by Gasteiger charge is -2.21. The summed E-state index contributed by atoms with van der Waals surface area (Å²) in [6.07, 6.45) is -2.46. The van der Waals surface area contributed by atoms with Crippen molar-refractivity contribution >= 4 is 33.6 Å². The number of hydrogen-bond acceptors (Lipinski definition) is 4. The van der Waals surface area contributed by atoms with Crippen molar-refractivity contribution in [1.29, 1.82) is 0 Å². The molecule has 0 spiro atoms. The van der Waals surface area contributed by atoms with Gasteiger partial charge in [-0.05, 0) is 44.9 Å². The van der Waals surface area contributed by atoms with Crippen molar-refractivity contribution in [3.63, 3.8) is 0 Å². The Hall–Kier alpha value is -0.820. The third-order valence-electron chi connectivity index (χ3n) is 2.75. The quantitative estimate of drug-likeness (QED) is 0.715. The Morgan fingerprint density at radius 3 is 2.59 bits per heavy atom. The highest BCUT2D eigenvalue weighted by Gasteiger charge is 2.21. The van der Waals surface area contributed by atoms with Crippen LogP contribution >= 0.6 is 27.5 Å². The van der Waals surface area contributed by atoms with Gasteiger partial charge in [-0.2, -0.15) is 0 Å².